The summed E-state index contributed by atoms with van der Waals surface area (Å²) in [5.41, 5.74) is 25.4. The monoisotopic (exact) mass is 898 g/mol. The molecule has 4 unspecified atom stereocenters. The van der Waals surface area contributed by atoms with Gasteiger partial charge in [-0.15, -0.1) is 0 Å². The molecule has 70 heavy (non-hydrogen) atoms. The Kier molecular flexibility index (Phi) is 9.07. The van der Waals surface area contributed by atoms with E-state index in [9.17, 15) is 0 Å². The van der Waals surface area contributed by atoms with Crippen molar-refractivity contribution in [2.75, 3.05) is 0 Å². The van der Waals surface area contributed by atoms with Crippen LogP contribution in [0.3, 0.4) is 0 Å². The standard InChI is InChI=1S/C66H50N4/c1-39-40(2)52-38-56-54-36-48(44-23-27-46(28-24-44)58-20-12-14-34-68-58)30-32-60(54)70(50-17-9-6-10-18-50)66(56)62-42(4)41(3)61-63(64(52)62)51(39)37-55-53-35-47(43-21-25-45(26-22-43)57-19-11-13-33-67-57)29-31-59(53)69(65(55)61)49-15-7-5-8-16-49/h5-42H,1-4H3. The molecule has 334 valence electrons. The molecule has 0 fully saturated rings. The molecule has 0 saturated heterocycles. The van der Waals surface area contributed by atoms with Crippen LogP contribution in [0.15, 0.2) is 207 Å². The molecule has 0 amide bonds. The van der Waals surface area contributed by atoms with Crippen LogP contribution in [-0.2, 0) is 0 Å². The highest BCUT2D eigenvalue weighted by Gasteiger charge is 2.42. The van der Waals surface area contributed by atoms with Gasteiger partial charge in [0, 0.05) is 56.4 Å². The fourth-order valence-corrected chi connectivity index (χ4v) is 12.4. The van der Waals surface area contributed by atoms with Crippen LogP contribution in [0, 0.1) is 0 Å². The largest absolute Gasteiger partial charge is 0.309 e. The van der Waals surface area contributed by atoms with E-state index in [4.69, 9.17) is 0 Å². The van der Waals surface area contributed by atoms with Crippen molar-refractivity contribution < 1.29 is 0 Å². The molecule has 4 nitrogen and oxygen atoms in total. The summed E-state index contributed by atoms with van der Waals surface area (Å²) < 4.78 is 5.16. The number of pyridine rings is 2. The summed E-state index contributed by atoms with van der Waals surface area (Å²) in [6, 6.07) is 71.5. The van der Waals surface area contributed by atoms with Crippen LogP contribution in [0.2, 0.25) is 0 Å². The summed E-state index contributed by atoms with van der Waals surface area (Å²) in [6.07, 6.45) is 3.72. The second-order valence-electron chi connectivity index (χ2n) is 19.8. The Morgan fingerprint density at radius 1 is 0.329 bits per heavy atom. The van der Waals surface area contributed by atoms with Crippen LogP contribution in [0.25, 0.3) is 111 Å². The zero-order valence-corrected chi connectivity index (χ0v) is 39.7. The smallest absolute Gasteiger partial charge is 0.0701 e. The van der Waals surface area contributed by atoms with E-state index in [1.54, 1.807) is 0 Å². The maximum atomic E-state index is 4.61. The lowest BCUT2D eigenvalue weighted by atomic mass is 9.62. The van der Waals surface area contributed by atoms with Crippen molar-refractivity contribution in [2.24, 2.45) is 0 Å². The van der Waals surface area contributed by atoms with Gasteiger partial charge in [0.1, 0.15) is 0 Å². The van der Waals surface area contributed by atoms with Crippen LogP contribution in [0.5, 0.6) is 0 Å². The van der Waals surface area contributed by atoms with Crippen molar-refractivity contribution in [3.8, 4) is 67.3 Å². The van der Waals surface area contributed by atoms with E-state index >= 15 is 0 Å². The lowest BCUT2D eigenvalue weighted by molar-refractivity contribution is 0.584. The Morgan fingerprint density at radius 3 is 1.09 bits per heavy atom. The summed E-state index contributed by atoms with van der Waals surface area (Å²) in [7, 11) is 0. The van der Waals surface area contributed by atoms with E-state index in [1.807, 2.05) is 36.7 Å². The predicted molar refractivity (Wildman–Crippen MR) is 292 cm³/mol. The zero-order valence-electron chi connectivity index (χ0n) is 39.7. The average Bonchev–Trinajstić information content (AvgIpc) is 3.93. The van der Waals surface area contributed by atoms with Crippen molar-refractivity contribution in [2.45, 2.75) is 51.4 Å². The van der Waals surface area contributed by atoms with Gasteiger partial charge in [-0.1, -0.05) is 137 Å². The highest BCUT2D eigenvalue weighted by atomic mass is 15.0. The molecule has 2 aliphatic rings. The van der Waals surface area contributed by atoms with Crippen molar-refractivity contribution in [3.63, 3.8) is 0 Å². The molecule has 0 aliphatic heterocycles. The Labute approximate surface area is 408 Å². The molecular weight excluding hydrogens is 849 g/mol. The molecule has 4 aromatic heterocycles. The van der Waals surface area contributed by atoms with Gasteiger partial charge >= 0.3 is 0 Å². The first-order valence-corrected chi connectivity index (χ1v) is 24.9. The van der Waals surface area contributed by atoms with Crippen LogP contribution in [0.1, 0.15) is 73.6 Å². The summed E-state index contributed by atoms with van der Waals surface area (Å²) in [5, 5.41) is 5.26. The Bertz CT molecular complexity index is 3750. The molecule has 4 atom stereocenters. The van der Waals surface area contributed by atoms with Gasteiger partial charge < -0.3 is 9.13 Å². The highest BCUT2D eigenvalue weighted by molar-refractivity contribution is 6.17. The second kappa shape index (κ2) is 15.6. The predicted octanol–water partition coefficient (Wildman–Crippen LogP) is 17.4. The SMILES string of the molecule is CC1c2cc3c4cc(-c5ccc(-c6ccccn6)cc5)ccc4n(-c4ccccc4)c3c3c2-c2c(cc4c5cc(-c6ccc(-c7ccccn7)cc6)ccc5n(-c5ccccc5)c4c2C(C)C3C)C1C. The molecule has 0 saturated carbocycles. The second-order valence-corrected chi connectivity index (χ2v) is 19.8. The van der Waals surface area contributed by atoms with E-state index < -0.39 is 0 Å². The van der Waals surface area contributed by atoms with Crippen LogP contribution in [0.4, 0.5) is 0 Å². The van der Waals surface area contributed by atoms with Crippen LogP contribution >= 0.6 is 0 Å². The first kappa shape index (κ1) is 40.7. The maximum Gasteiger partial charge on any atom is 0.0701 e. The van der Waals surface area contributed by atoms with E-state index in [2.05, 4.69) is 217 Å². The van der Waals surface area contributed by atoms with Gasteiger partial charge in [0.05, 0.1) is 33.5 Å². The van der Waals surface area contributed by atoms with Gasteiger partial charge in [-0.25, -0.2) is 0 Å². The molecular formula is C66H50N4. The molecule has 14 rings (SSSR count). The fourth-order valence-electron chi connectivity index (χ4n) is 12.4. The van der Waals surface area contributed by atoms with Gasteiger partial charge in [-0.2, -0.15) is 0 Å². The number of para-hydroxylation sites is 2. The number of rotatable bonds is 6. The first-order valence-electron chi connectivity index (χ1n) is 24.9. The van der Waals surface area contributed by atoms with Gasteiger partial charge in [0.15, 0.2) is 0 Å². The third kappa shape index (κ3) is 5.96. The zero-order chi connectivity index (χ0) is 46.8. The third-order valence-electron chi connectivity index (χ3n) is 16.3. The van der Waals surface area contributed by atoms with E-state index in [0.29, 0.717) is 11.8 Å². The molecule has 8 aromatic carbocycles. The molecule has 4 heterocycles. The van der Waals surface area contributed by atoms with Gasteiger partial charge in [-0.05, 0) is 164 Å². The average molecular weight is 899 g/mol. The molecule has 4 heteroatoms. The fraction of sp³-hybridized carbons (Fsp3) is 0.121. The minimum absolute atomic E-state index is 0.227. The molecule has 2 aliphatic carbocycles. The number of hydrogen-bond donors (Lipinski definition) is 0. The Hall–Kier alpha value is -8.34. The minimum Gasteiger partial charge on any atom is -0.309 e. The number of fused-ring (bicyclic) bond motifs is 8. The summed E-state index contributed by atoms with van der Waals surface area (Å²) in [5.74, 6) is 1.07. The number of hydrogen-bond acceptors (Lipinski definition) is 2. The Balaban J connectivity index is 1.02. The molecule has 0 bridgehead atoms. The summed E-state index contributed by atoms with van der Waals surface area (Å²) in [6.45, 7) is 9.97. The van der Waals surface area contributed by atoms with Gasteiger partial charge in [-0.3, -0.25) is 9.97 Å². The van der Waals surface area contributed by atoms with Crippen molar-refractivity contribution in [1.82, 2.24) is 19.1 Å². The third-order valence-corrected chi connectivity index (χ3v) is 16.3. The van der Waals surface area contributed by atoms with Crippen LogP contribution in [-0.4, -0.2) is 19.1 Å². The lowest BCUT2D eigenvalue weighted by Gasteiger charge is -2.42. The first-order chi connectivity index (χ1) is 34.4. The van der Waals surface area contributed by atoms with E-state index in [-0.39, 0.29) is 11.8 Å². The number of benzene rings is 8. The topological polar surface area (TPSA) is 35.6 Å². The number of nitrogens with zero attached hydrogens (tertiary/aromatic N) is 4. The molecule has 0 spiro atoms. The van der Waals surface area contributed by atoms with E-state index in [0.717, 1.165) is 22.5 Å². The minimum atomic E-state index is 0.227. The van der Waals surface area contributed by atoms with Gasteiger partial charge in [0.2, 0.25) is 0 Å². The lowest BCUT2D eigenvalue weighted by Crippen LogP contribution is -2.24. The van der Waals surface area contributed by atoms with Crippen molar-refractivity contribution in [3.05, 3.63) is 229 Å². The van der Waals surface area contributed by atoms with Crippen molar-refractivity contribution in [1.29, 1.82) is 0 Å². The molecule has 0 N–H and O–H groups in total. The summed E-state index contributed by atoms with van der Waals surface area (Å²) >= 11 is 0. The van der Waals surface area contributed by atoms with Crippen LogP contribution < -0.4 is 0 Å². The number of aromatic nitrogens is 4. The molecule has 0 radical (unpaired) electrons. The summed E-state index contributed by atoms with van der Waals surface area (Å²) in [4.78, 5) is 9.22. The highest BCUT2D eigenvalue weighted by Crippen LogP contribution is 2.61. The maximum absolute atomic E-state index is 4.61. The Morgan fingerprint density at radius 2 is 0.700 bits per heavy atom. The van der Waals surface area contributed by atoms with Crippen molar-refractivity contribution >= 4 is 43.6 Å². The van der Waals surface area contributed by atoms with Gasteiger partial charge in [0.25, 0.3) is 0 Å². The molecule has 12 aromatic rings. The normalized spacial score (nSPS) is 17.1. The quantitative estimate of drug-likeness (QED) is 0.167. The van der Waals surface area contributed by atoms with E-state index in [1.165, 1.54) is 111 Å².